The van der Waals surface area contributed by atoms with Crippen molar-refractivity contribution < 1.29 is 14.6 Å². The summed E-state index contributed by atoms with van der Waals surface area (Å²) in [6.45, 7) is 9.50. The predicted octanol–water partition coefficient (Wildman–Crippen LogP) is 5.43. The highest BCUT2D eigenvalue weighted by atomic mass is 35.5. The fourth-order valence-electron chi connectivity index (χ4n) is 3.10. The minimum Gasteiger partial charge on any atom is -0.490 e. The molecule has 0 unspecified atom stereocenters. The van der Waals surface area contributed by atoms with Crippen LogP contribution in [0.5, 0.6) is 5.75 Å². The standard InChI is InChI=1S/C19H24ClNO3/c1-18(2,3)21(17(22)23)19(4,5)12-24-15-11-10-13-8-6-7-9-14(13)16(15)20/h6-11H,12H2,1-5H3,(H,22,23). The second-order valence-electron chi connectivity index (χ2n) is 7.49. The molecule has 0 saturated heterocycles. The molecule has 0 aromatic heterocycles. The van der Waals surface area contributed by atoms with E-state index < -0.39 is 17.2 Å². The van der Waals surface area contributed by atoms with Crippen LogP contribution in [0.25, 0.3) is 10.8 Å². The van der Waals surface area contributed by atoms with Crippen LogP contribution in [0, 0.1) is 0 Å². The lowest BCUT2D eigenvalue weighted by Gasteiger charge is -2.44. The van der Waals surface area contributed by atoms with Gasteiger partial charge in [0.15, 0.2) is 0 Å². The topological polar surface area (TPSA) is 49.8 Å². The molecule has 0 bridgehead atoms. The number of amides is 1. The van der Waals surface area contributed by atoms with Crippen molar-refractivity contribution in [1.82, 2.24) is 4.90 Å². The van der Waals surface area contributed by atoms with E-state index in [4.69, 9.17) is 16.3 Å². The quantitative estimate of drug-likeness (QED) is 0.800. The number of hydrogen-bond acceptors (Lipinski definition) is 2. The molecule has 24 heavy (non-hydrogen) atoms. The maximum Gasteiger partial charge on any atom is 0.408 e. The number of nitrogens with zero attached hydrogens (tertiary/aromatic N) is 1. The fraction of sp³-hybridized carbons (Fsp3) is 0.421. The van der Waals surface area contributed by atoms with Crippen LogP contribution >= 0.6 is 11.6 Å². The molecular formula is C19H24ClNO3. The first-order chi connectivity index (χ1) is 11.0. The van der Waals surface area contributed by atoms with E-state index in [1.54, 1.807) is 0 Å². The summed E-state index contributed by atoms with van der Waals surface area (Å²) in [7, 11) is 0. The zero-order valence-corrected chi connectivity index (χ0v) is 15.5. The summed E-state index contributed by atoms with van der Waals surface area (Å²) in [5.41, 5.74) is -1.25. The first-order valence-electron chi connectivity index (χ1n) is 7.87. The molecule has 0 saturated carbocycles. The molecular weight excluding hydrogens is 326 g/mol. The molecule has 4 nitrogen and oxygen atoms in total. The number of carbonyl (C=O) groups is 1. The van der Waals surface area contributed by atoms with E-state index >= 15 is 0 Å². The van der Waals surface area contributed by atoms with Crippen molar-refractivity contribution in [2.45, 2.75) is 45.7 Å². The molecule has 1 N–H and O–H groups in total. The second kappa shape index (κ2) is 6.52. The van der Waals surface area contributed by atoms with E-state index in [1.165, 1.54) is 4.90 Å². The van der Waals surface area contributed by atoms with Crippen LogP contribution in [0.15, 0.2) is 36.4 Å². The molecule has 0 heterocycles. The third-order valence-corrected chi connectivity index (χ3v) is 4.27. The van der Waals surface area contributed by atoms with E-state index in [1.807, 2.05) is 71.0 Å². The lowest BCUT2D eigenvalue weighted by atomic mass is 9.96. The van der Waals surface area contributed by atoms with E-state index in [0.717, 1.165) is 10.8 Å². The smallest absolute Gasteiger partial charge is 0.408 e. The lowest BCUT2D eigenvalue weighted by Crippen LogP contribution is -2.59. The van der Waals surface area contributed by atoms with Crippen LogP contribution in [0.3, 0.4) is 0 Å². The molecule has 0 fully saturated rings. The maximum atomic E-state index is 11.7. The first kappa shape index (κ1) is 18.4. The number of carboxylic acid groups (broad SMARTS) is 1. The third-order valence-electron chi connectivity index (χ3n) is 3.88. The molecule has 5 heteroatoms. The monoisotopic (exact) mass is 349 g/mol. The molecule has 130 valence electrons. The summed E-state index contributed by atoms with van der Waals surface area (Å²) >= 11 is 6.45. The normalized spacial score (nSPS) is 12.2. The first-order valence-corrected chi connectivity index (χ1v) is 8.25. The Morgan fingerprint density at radius 2 is 1.75 bits per heavy atom. The van der Waals surface area contributed by atoms with Crippen molar-refractivity contribution in [2.75, 3.05) is 6.61 Å². The van der Waals surface area contributed by atoms with Crippen LogP contribution in [-0.2, 0) is 0 Å². The van der Waals surface area contributed by atoms with Gasteiger partial charge in [-0.1, -0.05) is 41.9 Å². The van der Waals surface area contributed by atoms with E-state index in [0.29, 0.717) is 10.8 Å². The molecule has 1 amide bonds. The number of benzene rings is 2. The van der Waals surface area contributed by atoms with Crippen molar-refractivity contribution in [3.63, 3.8) is 0 Å². The maximum absolute atomic E-state index is 11.7. The summed E-state index contributed by atoms with van der Waals surface area (Å²) < 4.78 is 5.90. The molecule has 0 aliphatic rings. The van der Waals surface area contributed by atoms with Crippen molar-refractivity contribution in [3.05, 3.63) is 41.4 Å². The Labute approximate surface area is 148 Å². The van der Waals surface area contributed by atoms with Crippen molar-refractivity contribution in [1.29, 1.82) is 0 Å². The lowest BCUT2D eigenvalue weighted by molar-refractivity contribution is 0.00947. The van der Waals surface area contributed by atoms with Crippen LogP contribution < -0.4 is 4.74 Å². The van der Waals surface area contributed by atoms with E-state index in [-0.39, 0.29) is 6.61 Å². The van der Waals surface area contributed by atoms with Crippen molar-refractivity contribution in [3.8, 4) is 5.75 Å². The Hall–Kier alpha value is -1.94. The summed E-state index contributed by atoms with van der Waals surface area (Å²) in [4.78, 5) is 13.1. The number of hydrogen-bond donors (Lipinski definition) is 1. The number of ether oxygens (including phenoxy) is 1. The molecule has 0 radical (unpaired) electrons. The van der Waals surface area contributed by atoms with Crippen LogP contribution in [0.2, 0.25) is 5.02 Å². The Morgan fingerprint density at radius 1 is 1.12 bits per heavy atom. The van der Waals surface area contributed by atoms with Crippen LogP contribution in [-0.4, -0.2) is 33.8 Å². The van der Waals surface area contributed by atoms with Gasteiger partial charge in [-0.3, -0.25) is 4.90 Å². The Balaban J connectivity index is 2.26. The van der Waals surface area contributed by atoms with Gasteiger partial charge in [-0.2, -0.15) is 0 Å². The Bertz CT molecular complexity index is 750. The van der Waals surface area contributed by atoms with Gasteiger partial charge in [0, 0.05) is 10.9 Å². The van der Waals surface area contributed by atoms with Gasteiger partial charge in [-0.05, 0) is 46.1 Å². The summed E-state index contributed by atoms with van der Waals surface area (Å²) in [5.74, 6) is 0.558. The largest absolute Gasteiger partial charge is 0.490 e. The number of rotatable bonds is 4. The van der Waals surface area contributed by atoms with Gasteiger partial charge in [0.1, 0.15) is 12.4 Å². The van der Waals surface area contributed by atoms with Crippen LogP contribution in [0.4, 0.5) is 4.79 Å². The predicted molar refractivity (Wildman–Crippen MR) is 98.1 cm³/mol. The third kappa shape index (κ3) is 3.75. The highest BCUT2D eigenvalue weighted by Gasteiger charge is 2.39. The molecule has 0 spiro atoms. The summed E-state index contributed by atoms with van der Waals surface area (Å²) in [6.07, 6.45) is -0.972. The molecule has 2 aromatic carbocycles. The minimum atomic E-state index is -0.972. The number of fused-ring (bicyclic) bond motifs is 1. The van der Waals surface area contributed by atoms with Gasteiger partial charge < -0.3 is 9.84 Å². The SMILES string of the molecule is CC(C)(C)N(C(=O)O)C(C)(C)COc1ccc2ccccc2c1Cl. The van der Waals surface area contributed by atoms with Crippen LogP contribution in [0.1, 0.15) is 34.6 Å². The van der Waals surface area contributed by atoms with Gasteiger partial charge in [0.05, 0.1) is 10.6 Å². The zero-order valence-electron chi connectivity index (χ0n) is 14.8. The highest BCUT2D eigenvalue weighted by molar-refractivity contribution is 6.37. The van der Waals surface area contributed by atoms with Gasteiger partial charge in [-0.25, -0.2) is 4.79 Å². The summed E-state index contributed by atoms with van der Waals surface area (Å²) in [5, 5.41) is 12.1. The van der Waals surface area contributed by atoms with Crippen molar-refractivity contribution in [2.24, 2.45) is 0 Å². The molecule has 0 aliphatic heterocycles. The average Bonchev–Trinajstić information content (AvgIpc) is 2.44. The average molecular weight is 350 g/mol. The summed E-state index contributed by atoms with van der Waals surface area (Å²) in [6, 6.07) is 11.6. The van der Waals surface area contributed by atoms with E-state index in [2.05, 4.69) is 0 Å². The Kier molecular flexibility index (Phi) is 5.00. The molecule has 0 aliphatic carbocycles. The van der Waals surface area contributed by atoms with Gasteiger partial charge >= 0.3 is 6.09 Å². The second-order valence-corrected chi connectivity index (χ2v) is 7.87. The van der Waals surface area contributed by atoms with Gasteiger partial charge in [0.25, 0.3) is 0 Å². The van der Waals surface area contributed by atoms with Gasteiger partial charge in [0.2, 0.25) is 0 Å². The fourth-order valence-corrected chi connectivity index (χ4v) is 3.39. The molecule has 2 rings (SSSR count). The minimum absolute atomic E-state index is 0.203. The number of halogens is 1. The Morgan fingerprint density at radius 3 is 2.33 bits per heavy atom. The zero-order chi connectivity index (χ0) is 18.1. The molecule has 2 aromatic rings. The van der Waals surface area contributed by atoms with E-state index in [9.17, 15) is 9.90 Å². The van der Waals surface area contributed by atoms with Crippen molar-refractivity contribution >= 4 is 28.5 Å². The van der Waals surface area contributed by atoms with Gasteiger partial charge in [-0.15, -0.1) is 0 Å². The molecule has 0 atom stereocenters. The highest BCUT2D eigenvalue weighted by Crippen LogP contribution is 2.34.